The number of aryl methyl sites for hydroxylation is 1. The minimum absolute atomic E-state index is 0.0126. The standard InChI is InChI=1S/C40H52ClN5O7S/c1-5-29-31-22-46-24-40(12-6-8-26-18-33(41)30(31)20-32(26)40)25-52-36-11-10-28(19-34(36)46)54(49,50)42-37(47)39(2,3)43(4)13-7-9-35(29)53-38(48)45-15-14-44-16-17-51-23-27(44)21-45/h7,9-11,18-20,27,29,31,35H,5-6,8,12-17,21-25H2,1-4H3,(H,42,47)/b9-7+/t27-,29-,31+,35+,40+/m1/s1. The molecule has 0 aromatic heterocycles. The summed E-state index contributed by atoms with van der Waals surface area (Å²) in [6, 6.07) is 9.43. The number of anilines is 1. The number of nitrogens with one attached hydrogen (secondary N) is 1. The Morgan fingerprint density at radius 1 is 1.13 bits per heavy atom. The third-order valence-corrected chi connectivity index (χ3v) is 14.7. The molecule has 2 aromatic carbocycles. The molecule has 1 N–H and O–H groups in total. The van der Waals surface area contributed by atoms with Crippen LogP contribution in [0.1, 0.15) is 62.6 Å². The summed E-state index contributed by atoms with van der Waals surface area (Å²) >= 11 is 7.28. The van der Waals surface area contributed by atoms with Gasteiger partial charge in [-0.15, -0.1) is 0 Å². The fourth-order valence-corrected chi connectivity index (χ4v) is 10.9. The van der Waals surface area contributed by atoms with E-state index < -0.39 is 27.6 Å². The lowest BCUT2D eigenvalue weighted by molar-refractivity contribution is -0.128. The van der Waals surface area contributed by atoms with E-state index in [0.29, 0.717) is 75.4 Å². The molecular formula is C40H52ClN5O7S. The van der Waals surface area contributed by atoms with Crippen LogP contribution in [0.25, 0.3) is 0 Å². The Labute approximate surface area is 323 Å². The number of carbonyl (C=O) groups is 2. The Hall–Kier alpha value is -3.36. The van der Waals surface area contributed by atoms with Gasteiger partial charge in [-0.3, -0.25) is 14.6 Å². The Balaban J connectivity index is 1.25. The van der Waals surface area contributed by atoms with Crippen LogP contribution in [0.5, 0.6) is 5.75 Å². The lowest BCUT2D eigenvalue weighted by Crippen LogP contribution is -2.59. The lowest BCUT2D eigenvalue weighted by atomic mass is 9.67. The van der Waals surface area contributed by atoms with Crippen molar-refractivity contribution >= 4 is 39.3 Å². The largest absolute Gasteiger partial charge is 0.490 e. The van der Waals surface area contributed by atoms with Gasteiger partial charge in [0.1, 0.15) is 11.9 Å². The van der Waals surface area contributed by atoms with Crippen molar-refractivity contribution in [3.8, 4) is 5.75 Å². The van der Waals surface area contributed by atoms with Crippen molar-refractivity contribution < 1.29 is 32.2 Å². The van der Waals surface area contributed by atoms with Crippen LogP contribution in [-0.4, -0.2) is 125 Å². The molecule has 292 valence electrons. The number of halogens is 1. The topological polar surface area (TPSA) is 121 Å². The van der Waals surface area contributed by atoms with Gasteiger partial charge in [-0.2, -0.15) is 0 Å². The van der Waals surface area contributed by atoms with Gasteiger partial charge in [0.2, 0.25) is 0 Å². The van der Waals surface area contributed by atoms with Crippen LogP contribution in [0, 0.1) is 5.92 Å². The second kappa shape index (κ2) is 14.3. The average molecular weight is 782 g/mol. The summed E-state index contributed by atoms with van der Waals surface area (Å²) in [5, 5.41) is 0.688. The molecule has 8 rings (SSSR count). The summed E-state index contributed by atoms with van der Waals surface area (Å²) < 4.78 is 49.0. The van der Waals surface area contributed by atoms with Crippen molar-refractivity contribution in [2.24, 2.45) is 5.92 Å². The normalized spacial score (nSPS) is 31.3. The van der Waals surface area contributed by atoms with E-state index in [2.05, 4.69) is 33.6 Å². The average Bonchev–Trinajstić information content (AvgIpc) is 3.30. The molecule has 5 heterocycles. The maximum absolute atomic E-state index is 14.2. The Morgan fingerprint density at radius 3 is 2.78 bits per heavy atom. The van der Waals surface area contributed by atoms with Gasteiger partial charge in [-0.1, -0.05) is 30.7 Å². The molecule has 54 heavy (non-hydrogen) atoms. The summed E-state index contributed by atoms with van der Waals surface area (Å²) in [6.45, 7) is 11.4. The zero-order chi connectivity index (χ0) is 38.0. The first-order chi connectivity index (χ1) is 25.8. The number of piperazine rings is 1. The van der Waals surface area contributed by atoms with E-state index in [-0.39, 0.29) is 34.3 Å². The number of rotatable bonds is 2. The van der Waals surface area contributed by atoms with Crippen molar-refractivity contribution in [3.05, 3.63) is 64.2 Å². The molecule has 5 aliphatic heterocycles. The number of carbonyl (C=O) groups excluding carboxylic acids is 2. The van der Waals surface area contributed by atoms with E-state index in [4.69, 9.17) is 25.8 Å². The summed E-state index contributed by atoms with van der Waals surface area (Å²) in [4.78, 5) is 36.0. The molecule has 2 amide bonds. The quantitative estimate of drug-likeness (QED) is 0.435. The maximum atomic E-state index is 14.2. The van der Waals surface area contributed by atoms with Crippen molar-refractivity contribution in [1.82, 2.24) is 19.4 Å². The smallest absolute Gasteiger partial charge is 0.410 e. The summed E-state index contributed by atoms with van der Waals surface area (Å²) in [5.41, 5.74) is 2.55. The number of sulfonamides is 1. The molecule has 0 saturated carbocycles. The number of morpholine rings is 1. The molecule has 1 aliphatic carbocycles. The maximum Gasteiger partial charge on any atom is 0.410 e. The molecule has 1 spiro atoms. The zero-order valence-electron chi connectivity index (χ0n) is 31.7. The molecule has 0 radical (unpaired) electrons. The highest BCUT2D eigenvalue weighted by Gasteiger charge is 2.47. The Morgan fingerprint density at radius 2 is 1.96 bits per heavy atom. The van der Waals surface area contributed by atoms with Crippen LogP contribution < -0.4 is 14.4 Å². The third-order valence-electron chi connectivity index (χ3n) is 13.1. The first kappa shape index (κ1) is 37.6. The molecule has 2 fully saturated rings. The number of nitrogens with zero attached hydrogens (tertiary/aromatic N) is 4. The molecule has 5 atom stereocenters. The second-order valence-corrected chi connectivity index (χ2v) is 18.6. The monoisotopic (exact) mass is 781 g/mol. The molecular weight excluding hydrogens is 730 g/mol. The van der Waals surface area contributed by atoms with E-state index in [1.54, 1.807) is 42.8 Å². The molecule has 7 bridgehead atoms. The number of amides is 2. The van der Waals surface area contributed by atoms with Crippen LogP contribution in [0.3, 0.4) is 0 Å². The number of fused-ring (bicyclic) bond motifs is 5. The highest BCUT2D eigenvalue weighted by Crippen LogP contribution is 2.50. The van der Waals surface area contributed by atoms with Crippen LogP contribution in [0.2, 0.25) is 5.02 Å². The summed E-state index contributed by atoms with van der Waals surface area (Å²) in [7, 11) is -2.46. The van der Waals surface area contributed by atoms with Crippen LogP contribution in [0.4, 0.5) is 10.5 Å². The van der Waals surface area contributed by atoms with Gasteiger partial charge in [-0.25, -0.2) is 17.9 Å². The molecule has 14 heteroatoms. The zero-order valence-corrected chi connectivity index (χ0v) is 33.3. The van der Waals surface area contributed by atoms with Gasteiger partial charge in [0.25, 0.3) is 15.9 Å². The number of ether oxygens (including phenoxy) is 3. The van der Waals surface area contributed by atoms with Gasteiger partial charge in [-0.05, 0) is 93.6 Å². The van der Waals surface area contributed by atoms with Crippen molar-refractivity contribution in [3.63, 3.8) is 0 Å². The first-order valence-electron chi connectivity index (χ1n) is 19.4. The van der Waals surface area contributed by atoms with E-state index in [9.17, 15) is 18.0 Å². The number of benzene rings is 2. The lowest BCUT2D eigenvalue weighted by Gasteiger charge is -2.46. The van der Waals surface area contributed by atoms with E-state index in [0.717, 1.165) is 37.9 Å². The van der Waals surface area contributed by atoms with E-state index in [1.807, 2.05) is 12.2 Å². The van der Waals surface area contributed by atoms with Crippen molar-refractivity contribution in [2.45, 2.75) is 80.4 Å². The van der Waals surface area contributed by atoms with Gasteiger partial charge < -0.3 is 24.0 Å². The summed E-state index contributed by atoms with van der Waals surface area (Å²) in [5.74, 6) is -0.464. The van der Waals surface area contributed by atoms with Gasteiger partial charge in [0.05, 0.1) is 42.0 Å². The Kier molecular flexibility index (Phi) is 9.94. The van der Waals surface area contributed by atoms with Crippen molar-refractivity contribution in [2.75, 3.05) is 77.6 Å². The molecule has 0 unspecified atom stereocenters. The fraction of sp³-hybridized carbons (Fsp3) is 0.600. The number of hydrogen-bond acceptors (Lipinski definition) is 10. The molecule has 6 aliphatic rings. The third kappa shape index (κ3) is 6.67. The SMILES string of the molecule is CC[C@H]1[C@@H](OC(=O)N2CCN3CCOC[C@H]3C2)/C=C/CN(C)C(C)(C)C(=O)NS(=O)(=O)c2ccc3c(c2)N2C[C@@H]1c1cc4c(cc1Cl)CCC[C@@]4(CO3)C2. The summed E-state index contributed by atoms with van der Waals surface area (Å²) in [6.07, 6.45) is 6.37. The predicted octanol–water partition coefficient (Wildman–Crippen LogP) is 4.54. The number of hydrogen-bond donors (Lipinski definition) is 1. The Bertz CT molecular complexity index is 1960. The van der Waals surface area contributed by atoms with E-state index in [1.165, 1.54) is 17.2 Å². The fourth-order valence-electron chi connectivity index (χ4n) is 9.47. The number of likely N-dealkylation sites (N-methyl/N-ethyl adjacent to an activating group) is 1. The van der Waals surface area contributed by atoms with Crippen LogP contribution >= 0.6 is 11.6 Å². The highest BCUT2D eigenvalue weighted by atomic mass is 35.5. The van der Waals surface area contributed by atoms with Gasteiger partial charge >= 0.3 is 6.09 Å². The highest BCUT2D eigenvalue weighted by molar-refractivity contribution is 7.90. The van der Waals surface area contributed by atoms with Crippen LogP contribution in [-0.2, 0) is 36.1 Å². The van der Waals surface area contributed by atoms with E-state index >= 15 is 0 Å². The molecule has 2 aromatic rings. The minimum Gasteiger partial charge on any atom is -0.490 e. The van der Waals surface area contributed by atoms with Crippen LogP contribution in [0.15, 0.2) is 47.4 Å². The van der Waals surface area contributed by atoms with Crippen molar-refractivity contribution in [1.29, 1.82) is 0 Å². The van der Waals surface area contributed by atoms with Gasteiger partial charge in [0.15, 0.2) is 0 Å². The minimum atomic E-state index is -4.23. The first-order valence-corrected chi connectivity index (χ1v) is 21.2. The second-order valence-electron chi connectivity index (χ2n) is 16.5. The predicted molar refractivity (Wildman–Crippen MR) is 206 cm³/mol. The molecule has 12 nitrogen and oxygen atoms in total. The van der Waals surface area contributed by atoms with Gasteiger partial charge in [0, 0.05) is 68.1 Å². The molecule has 2 saturated heterocycles.